The maximum Gasteiger partial charge on any atom is 0.338 e. The molecule has 2 atom stereocenters. The van der Waals surface area contributed by atoms with Gasteiger partial charge in [-0.25, -0.2) is 9.59 Å². The first-order valence-electron chi connectivity index (χ1n) is 15.2. The molecule has 6 rings (SSSR count). The average Bonchev–Trinajstić information content (AvgIpc) is 3.63. The molecule has 2 aromatic carbocycles. The number of benzene rings is 2. The highest BCUT2D eigenvalue weighted by Gasteiger charge is 2.44. The van der Waals surface area contributed by atoms with E-state index in [1.165, 1.54) is 5.56 Å². The Morgan fingerprint density at radius 2 is 1.71 bits per heavy atom. The fraction of sp³-hybridized carbons (Fsp3) is 0.500. The van der Waals surface area contributed by atoms with Gasteiger partial charge in [-0.15, -0.1) is 0 Å². The number of aryl methyl sites for hydroxylation is 1. The van der Waals surface area contributed by atoms with Crippen LogP contribution in [0, 0.1) is 13.8 Å². The third kappa shape index (κ3) is 5.82. The van der Waals surface area contributed by atoms with Crippen molar-refractivity contribution in [3.8, 4) is 11.3 Å². The van der Waals surface area contributed by atoms with Gasteiger partial charge >= 0.3 is 12.0 Å². The fourth-order valence-electron chi connectivity index (χ4n) is 6.48. The van der Waals surface area contributed by atoms with Crippen molar-refractivity contribution in [2.24, 2.45) is 0 Å². The van der Waals surface area contributed by atoms with Gasteiger partial charge < -0.3 is 24.2 Å². The van der Waals surface area contributed by atoms with Gasteiger partial charge in [-0.05, 0) is 96.4 Å². The molecular formula is C34H41N3O5. The molecule has 8 heteroatoms. The van der Waals surface area contributed by atoms with Crippen LogP contribution in [0.15, 0.2) is 47.0 Å². The van der Waals surface area contributed by atoms with Crippen molar-refractivity contribution in [1.82, 2.24) is 10.1 Å². The van der Waals surface area contributed by atoms with Crippen molar-refractivity contribution >= 4 is 17.7 Å². The molecule has 1 saturated carbocycles. The standard InChI is InChI=1S/C34H41N3O5/c1-20-9-6-7-10-26(20)30-28(31(42-36-30)22-13-14-22)19-40-25-17-23-15-16-24(18-25)37(23)33(39)35-29-12-8-11-27(21(29)2)32(38)41-34(3,4)5/h6-12,22-25H,13-19H2,1-5H3,(H,35,39). The van der Waals surface area contributed by atoms with Gasteiger partial charge in [-0.2, -0.15) is 0 Å². The van der Waals surface area contributed by atoms with Gasteiger partial charge in [0.2, 0.25) is 0 Å². The number of carbonyl (C=O) groups excluding carboxylic acids is 2. The van der Waals surface area contributed by atoms with Crippen LogP contribution in [0.5, 0.6) is 0 Å². The third-order valence-corrected chi connectivity index (χ3v) is 8.75. The number of carbonyl (C=O) groups is 2. The first-order chi connectivity index (χ1) is 20.1. The van der Waals surface area contributed by atoms with Gasteiger partial charge in [-0.3, -0.25) is 0 Å². The summed E-state index contributed by atoms with van der Waals surface area (Å²) in [7, 11) is 0. The lowest BCUT2D eigenvalue weighted by Crippen LogP contribution is -2.50. The predicted octanol–water partition coefficient (Wildman–Crippen LogP) is 7.54. The maximum atomic E-state index is 13.5. The summed E-state index contributed by atoms with van der Waals surface area (Å²) < 4.78 is 18.0. The smallest absolute Gasteiger partial charge is 0.338 e. The number of hydrogen-bond acceptors (Lipinski definition) is 6. The van der Waals surface area contributed by atoms with E-state index in [2.05, 4.69) is 29.5 Å². The number of ether oxygens (including phenoxy) is 2. The lowest BCUT2D eigenvalue weighted by atomic mass is 9.99. The number of esters is 1. The fourth-order valence-corrected chi connectivity index (χ4v) is 6.48. The molecule has 1 N–H and O–H groups in total. The number of rotatable bonds is 7. The highest BCUT2D eigenvalue weighted by molar-refractivity contribution is 5.96. The molecule has 2 unspecified atom stereocenters. The molecule has 0 radical (unpaired) electrons. The van der Waals surface area contributed by atoms with E-state index in [-0.39, 0.29) is 24.2 Å². The summed E-state index contributed by atoms with van der Waals surface area (Å²) in [6.45, 7) is 9.93. The number of hydrogen-bond donors (Lipinski definition) is 1. The normalized spacial score (nSPS) is 21.8. The second kappa shape index (κ2) is 11.2. The van der Waals surface area contributed by atoms with Crippen LogP contribution < -0.4 is 5.32 Å². The molecule has 222 valence electrons. The number of nitrogens with zero attached hydrogens (tertiary/aromatic N) is 2. The molecule has 3 aromatic rings. The van der Waals surface area contributed by atoms with Gasteiger partial charge in [0.15, 0.2) is 0 Å². The molecule has 2 bridgehead atoms. The molecule has 42 heavy (non-hydrogen) atoms. The Balaban J connectivity index is 1.12. The van der Waals surface area contributed by atoms with E-state index >= 15 is 0 Å². The summed E-state index contributed by atoms with van der Waals surface area (Å²) in [6, 6.07) is 13.7. The summed E-state index contributed by atoms with van der Waals surface area (Å²) in [4.78, 5) is 28.3. The Kier molecular flexibility index (Phi) is 7.60. The number of nitrogens with one attached hydrogen (secondary N) is 1. The Morgan fingerprint density at radius 1 is 1.00 bits per heavy atom. The van der Waals surface area contributed by atoms with Crippen LogP contribution in [0.25, 0.3) is 11.3 Å². The number of piperidine rings is 1. The van der Waals surface area contributed by atoms with E-state index in [0.717, 1.165) is 61.1 Å². The molecule has 3 fully saturated rings. The molecular weight excluding hydrogens is 530 g/mol. The molecule has 1 aromatic heterocycles. The molecule has 8 nitrogen and oxygen atoms in total. The van der Waals surface area contributed by atoms with E-state index in [4.69, 9.17) is 14.0 Å². The minimum Gasteiger partial charge on any atom is -0.456 e. The molecule has 0 spiro atoms. The molecule has 3 heterocycles. The van der Waals surface area contributed by atoms with Crippen molar-refractivity contribution in [1.29, 1.82) is 0 Å². The van der Waals surface area contributed by atoms with Gasteiger partial charge in [0, 0.05) is 34.8 Å². The monoisotopic (exact) mass is 571 g/mol. The summed E-state index contributed by atoms with van der Waals surface area (Å²) in [5.41, 5.74) is 5.41. The molecule has 2 saturated heterocycles. The third-order valence-electron chi connectivity index (χ3n) is 8.75. The Labute approximate surface area is 247 Å². The maximum absolute atomic E-state index is 13.5. The quantitative estimate of drug-likeness (QED) is 0.295. The number of anilines is 1. The topological polar surface area (TPSA) is 93.9 Å². The molecule has 1 aliphatic carbocycles. The van der Waals surface area contributed by atoms with Crippen LogP contribution in [0.3, 0.4) is 0 Å². The van der Waals surface area contributed by atoms with E-state index < -0.39 is 11.6 Å². The minimum atomic E-state index is -0.593. The summed E-state index contributed by atoms with van der Waals surface area (Å²) in [6.07, 6.45) is 5.85. The predicted molar refractivity (Wildman–Crippen MR) is 160 cm³/mol. The lowest BCUT2D eigenvalue weighted by Gasteiger charge is -2.38. The van der Waals surface area contributed by atoms with Gasteiger partial charge in [0.25, 0.3) is 0 Å². The van der Waals surface area contributed by atoms with Crippen LogP contribution in [-0.4, -0.2) is 45.8 Å². The zero-order chi connectivity index (χ0) is 29.6. The second-order valence-corrected chi connectivity index (χ2v) is 13.1. The minimum absolute atomic E-state index is 0.0652. The van der Waals surface area contributed by atoms with Crippen molar-refractivity contribution in [2.45, 2.75) is 109 Å². The Hall–Kier alpha value is -3.65. The number of aromatic nitrogens is 1. The summed E-state index contributed by atoms with van der Waals surface area (Å²) in [5.74, 6) is 1.02. The molecule has 2 amide bonds. The number of urea groups is 1. The Bertz CT molecular complexity index is 1470. The van der Waals surface area contributed by atoms with E-state index in [0.29, 0.717) is 29.3 Å². The van der Waals surface area contributed by atoms with Crippen LogP contribution in [-0.2, 0) is 16.1 Å². The van der Waals surface area contributed by atoms with Crippen LogP contribution in [0.1, 0.15) is 98.0 Å². The van der Waals surface area contributed by atoms with Crippen molar-refractivity contribution in [2.75, 3.05) is 5.32 Å². The van der Waals surface area contributed by atoms with Crippen LogP contribution in [0.2, 0.25) is 0 Å². The Morgan fingerprint density at radius 3 is 2.38 bits per heavy atom. The summed E-state index contributed by atoms with van der Waals surface area (Å²) >= 11 is 0. The highest BCUT2D eigenvalue weighted by atomic mass is 16.6. The highest BCUT2D eigenvalue weighted by Crippen LogP contribution is 2.45. The van der Waals surface area contributed by atoms with Crippen molar-refractivity contribution < 1.29 is 23.6 Å². The zero-order valence-corrected chi connectivity index (χ0v) is 25.2. The van der Waals surface area contributed by atoms with E-state index in [1.807, 2.05) is 50.8 Å². The molecule has 3 aliphatic rings. The number of amides is 2. The van der Waals surface area contributed by atoms with Gasteiger partial charge in [0.1, 0.15) is 17.1 Å². The molecule has 2 aliphatic heterocycles. The average molecular weight is 572 g/mol. The van der Waals surface area contributed by atoms with E-state index in [1.54, 1.807) is 12.1 Å². The SMILES string of the molecule is Cc1ccccc1-c1noc(C2CC2)c1COC1CC2CCC(C1)N2C(=O)Nc1cccc(C(=O)OC(C)(C)C)c1C. The lowest BCUT2D eigenvalue weighted by molar-refractivity contribution is -0.0158. The van der Waals surface area contributed by atoms with Crippen LogP contribution >= 0.6 is 0 Å². The number of fused-ring (bicyclic) bond motifs is 2. The zero-order valence-electron chi connectivity index (χ0n) is 25.2. The first kappa shape index (κ1) is 28.5. The van der Waals surface area contributed by atoms with E-state index in [9.17, 15) is 9.59 Å². The summed E-state index contributed by atoms with van der Waals surface area (Å²) in [5, 5.41) is 7.57. The first-order valence-corrected chi connectivity index (χ1v) is 15.2. The van der Waals surface area contributed by atoms with Crippen molar-refractivity contribution in [3.05, 3.63) is 70.5 Å². The van der Waals surface area contributed by atoms with Gasteiger partial charge in [-0.1, -0.05) is 35.5 Å². The largest absolute Gasteiger partial charge is 0.456 e. The second-order valence-electron chi connectivity index (χ2n) is 13.1. The van der Waals surface area contributed by atoms with Crippen LogP contribution in [0.4, 0.5) is 10.5 Å². The van der Waals surface area contributed by atoms with Gasteiger partial charge in [0.05, 0.1) is 18.3 Å². The van der Waals surface area contributed by atoms with Crippen molar-refractivity contribution in [3.63, 3.8) is 0 Å².